The fraction of sp³-hybridized carbons (Fsp3) is 0.105. The summed E-state index contributed by atoms with van der Waals surface area (Å²) in [5.74, 6) is 0.541. The van der Waals surface area contributed by atoms with Crippen molar-refractivity contribution in [2.45, 2.75) is 6.92 Å². The van der Waals surface area contributed by atoms with Crippen molar-refractivity contribution in [3.05, 3.63) is 77.0 Å². The highest BCUT2D eigenvalue weighted by molar-refractivity contribution is 6.13. The molecule has 0 aliphatic carbocycles. The minimum absolute atomic E-state index is 0.0182. The molecule has 23 heavy (non-hydrogen) atoms. The number of likely N-dealkylation sites (N-methyl/N-ethyl adjacent to an activating group) is 1. The van der Waals surface area contributed by atoms with Gasteiger partial charge in [0.05, 0.1) is 0 Å². The van der Waals surface area contributed by atoms with Gasteiger partial charge in [-0.3, -0.25) is 14.5 Å². The summed E-state index contributed by atoms with van der Waals surface area (Å²) in [5.41, 5.74) is 2.52. The number of carbonyl (C=O) groups is 2. The van der Waals surface area contributed by atoms with Crippen molar-refractivity contribution in [2.24, 2.45) is 4.99 Å². The van der Waals surface area contributed by atoms with Gasteiger partial charge in [0.1, 0.15) is 11.5 Å². The Morgan fingerprint density at radius 1 is 1.00 bits per heavy atom. The van der Waals surface area contributed by atoms with Gasteiger partial charge in [0.15, 0.2) is 5.78 Å². The number of carbonyl (C=O) groups excluding carboxylic acids is 2. The summed E-state index contributed by atoms with van der Waals surface area (Å²) in [4.78, 5) is 30.1. The van der Waals surface area contributed by atoms with Crippen molar-refractivity contribution < 1.29 is 9.59 Å². The molecule has 0 N–H and O–H groups in total. The standard InChI is InChI=1S/C19H16N2O2/c1-13-20-17(19(23)21(13)2)12-14-8-10-16(11-9-14)18(22)15-6-4-3-5-7-15/h3-12H,1-2H3/b17-12+. The van der Waals surface area contributed by atoms with E-state index >= 15 is 0 Å². The fourth-order valence-electron chi connectivity index (χ4n) is 2.35. The summed E-state index contributed by atoms with van der Waals surface area (Å²) in [7, 11) is 1.70. The van der Waals surface area contributed by atoms with Gasteiger partial charge < -0.3 is 0 Å². The Kier molecular flexibility index (Phi) is 3.89. The topological polar surface area (TPSA) is 49.7 Å². The number of aliphatic imine (C=N–C) groups is 1. The number of amides is 1. The van der Waals surface area contributed by atoms with Crippen LogP contribution in [0.4, 0.5) is 0 Å². The quantitative estimate of drug-likeness (QED) is 0.646. The molecule has 0 aromatic heterocycles. The Labute approximate surface area is 134 Å². The van der Waals surface area contributed by atoms with Crippen LogP contribution in [0.5, 0.6) is 0 Å². The van der Waals surface area contributed by atoms with Crippen molar-refractivity contribution in [1.82, 2.24) is 4.90 Å². The van der Waals surface area contributed by atoms with Gasteiger partial charge in [-0.1, -0.05) is 54.6 Å². The van der Waals surface area contributed by atoms with Crippen LogP contribution in [0.2, 0.25) is 0 Å². The Balaban J connectivity index is 1.84. The maximum Gasteiger partial charge on any atom is 0.277 e. The van der Waals surface area contributed by atoms with E-state index < -0.39 is 0 Å². The van der Waals surface area contributed by atoms with Crippen LogP contribution < -0.4 is 0 Å². The van der Waals surface area contributed by atoms with E-state index in [1.54, 1.807) is 44.3 Å². The van der Waals surface area contributed by atoms with Gasteiger partial charge in [0, 0.05) is 18.2 Å². The summed E-state index contributed by atoms with van der Waals surface area (Å²) in [6.45, 7) is 1.79. The van der Waals surface area contributed by atoms with E-state index in [-0.39, 0.29) is 11.7 Å². The molecule has 0 saturated carbocycles. The zero-order valence-corrected chi connectivity index (χ0v) is 13.0. The Bertz CT molecular complexity index is 818. The molecule has 2 aromatic carbocycles. The second-order valence-corrected chi connectivity index (χ2v) is 5.37. The second kappa shape index (κ2) is 6.01. The monoisotopic (exact) mass is 304 g/mol. The molecule has 2 aromatic rings. The van der Waals surface area contributed by atoms with Crippen LogP contribution in [0, 0.1) is 0 Å². The van der Waals surface area contributed by atoms with E-state index in [1.165, 1.54) is 4.90 Å². The van der Waals surface area contributed by atoms with Crippen LogP contribution in [-0.2, 0) is 4.79 Å². The molecule has 4 nitrogen and oxygen atoms in total. The summed E-state index contributed by atoms with van der Waals surface area (Å²) in [5, 5.41) is 0. The third kappa shape index (κ3) is 2.97. The number of amidine groups is 1. The number of benzene rings is 2. The van der Waals surface area contributed by atoms with E-state index in [0.29, 0.717) is 22.7 Å². The van der Waals surface area contributed by atoms with Crippen LogP contribution in [0.1, 0.15) is 28.4 Å². The minimum atomic E-state index is -0.119. The third-order valence-corrected chi connectivity index (χ3v) is 3.80. The van der Waals surface area contributed by atoms with Crippen LogP contribution in [0.3, 0.4) is 0 Å². The number of hydrogen-bond acceptors (Lipinski definition) is 3. The van der Waals surface area contributed by atoms with Gasteiger partial charge in [-0.2, -0.15) is 0 Å². The molecule has 3 rings (SSSR count). The maximum atomic E-state index is 12.3. The van der Waals surface area contributed by atoms with E-state index in [0.717, 1.165) is 5.56 Å². The molecule has 0 fully saturated rings. The molecule has 0 unspecified atom stereocenters. The smallest absolute Gasteiger partial charge is 0.277 e. The lowest BCUT2D eigenvalue weighted by Gasteiger charge is -2.06. The third-order valence-electron chi connectivity index (χ3n) is 3.80. The van der Waals surface area contributed by atoms with Crippen molar-refractivity contribution in [1.29, 1.82) is 0 Å². The van der Waals surface area contributed by atoms with Crippen molar-refractivity contribution in [2.75, 3.05) is 7.05 Å². The van der Waals surface area contributed by atoms with Gasteiger partial charge in [-0.25, -0.2) is 4.99 Å². The number of hydrogen-bond donors (Lipinski definition) is 0. The molecule has 1 amide bonds. The molecule has 4 heteroatoms. The van der Waals surface area contributed by atoms with Gasteiger partial charge in [-0.15, -0.1) is 0 Å². The minimum Gasteiger partial charge on any atom is -0.298 e. The van der Waals surface area contributed by atoms with Gasteiger partial charge >= 0.3 is 0 Å². The molecule has 1 aliphatic rings. The average molecular weight is 304 g/mol. The number of ketones is 1. The first-order valence-electron chi connectivity index (χ1n) is 7.31. The van der Waals surface area contributed by atoms with Crippen LogP contribution in [-0.4, -0.2) is 29.5 Å². The molecule has 0 bridgehead atoms. The lowest BCUT2D eigenvalue weighted by Crippen LogP contribution is -2.25. The van der Waals surface area contributed by atoms with E-state index in [2.05, 4.69) is 4.99 Å². The summed E-state index contributed by atoms with van der Waals surface area (Å²) in [6, 6.07) is 16.3. The Morgan fingerprint density at radius 3 is 2.17 bits per heavy atom. The first-order chi connectivity index (χ1) is 11.1. The van der Waals surface area contributed by atoms with Crippen LogP contribution >= 0.6 is 0 Å². The molecule has 0 radical (unpaired) electrons. The molecule has 0 saturated heterocycles. The zero-order chi connectivity index (χ0) is 16.4. The predicted octanol–water partition coefficient (Wildman–Crippen LogP) is 3.15. The molecule has 1 aliphatic heterocycles. The maximum absolute atomic E-state index is 12.3. The van der Waals surface area contributed by atoms with Gasteiger partial charge in [0.2, 0.25) is 0 Å². The van der Waals surface area contributed by atoms with Crippen molar-refractivity contribution in [3.8, 4) is 0 Å². The Morgan fingerprint density at radius 2 is 1.61 bits per heavy atom. The summed E-state index contributed by atoms with van der Waals surface area (Å²) in [6.07, 6.45) is 1.73. The van der Waals surface area contributed by atoms with E-state index in [1.807, 2.05) is 30.3 Å². The fourth-order valence-corrected chi connectivity index (χ4v) is 2.35. The first-order valence-corrected chi connectivity index (χ1v) is 7.31. The Hall–Kier alpha value is -3.01. The summed E-state index contributed by atoms with van der Waals surface area (Å²) < 4.78 is 0. The average Bonchev–Trinajstić information content (AvgIpc) is 2.83. The van der Waals surface area contributed by atoms with Crippen molar-refractivity contribution in [3.63, 3.8) is 0 Å². The van der Waals surface area contributed by atoms with Gasteiger partial charge in [-0.05, 0) is 18.6 Å². The lowest BCUT2D eigenvalue weighted by molar-refractivity contribution is -0.121. The highest BCUT2D eigenvalue weighted by atomic mass is 16.2. The van der Waals surface area contributed by atoms with Crippen LogP contribution in [0.25, 0.3) is 6.08 Å². The molecule has 0 atom stereocenters. The molecule has 1 heterocycles. The second-order valence-electron chi connectivity index (χ2n) is 5.37. The van der Waals surface area contributed by atoms with Crippen molar-refractivity contribution >= 4 is 23.6 Å². The molecular formula is C19H16N2O2. The number of nitrogens with zero attached hydrogens (tertiary/aromatic N) is 2. The van der Waals surface area contributed by atoms with E-state index in [9.17, 15) is 9.59 Å². The molecule has 114 valence electrons. The number of rotatable bonds is 3. The largest absolute Gasteiger partial charge is 0.298 e. The molecule has 0 spiro atoms. The highest BCUT2D eigenvalue weighted by Gasteiger charge is 2.23. The van der Waals surface area contributed by atoms with Gasteiger partial charge in [0.25, 0.3) is 5.91 Å². The predicted molar refractivity (Wildman–Crippen MR) is 90.2 cm³/mol. The van der Waals surface area contributed by atoms with Crippen LogP contribution in [0.15, 0.2) is 65.3 Å². The van der Waals surface area contributed by atoms with E-state index in [4.69, 9.17) is 0 Å². The summed E-state index contributed by atoms with van der Waals surface area (Å²) >= 11 is 0. The normalized spacial score (nSPS) is 15.9. The molecular weight excluding hydrogens is 288 g/mol. The SMILES string of the molecule is CC1=N/C(=C/c2ccc(C(=O)c3ccccc3)cc2)C(=O)N1C. The lowest BCUT2D eigenvalue weighted by atomic mass is 10.0. The first kappa shape index (κ1) is 14.9. The highest BCUT2D eigenvalue weighted by Crippen LogP contribution is 2.18. The zero-order valence-electron chi connectivity index (χ0n) is 13.0.